The smallest absolute Gasteiger partial charge is 0.116 e. The maximum Gasteiger partial charge on any atom is 0.116 e. The van der Waals surface area contributed by atoms with Crippen LogP contribution in [0.25, 0.3) is 0 Å². The van der Waals surface area contributed by atoms with Gasteiger partial charge in [0.05, 0.1) is 0 Å². The summed E-state index contributed by atoms with van der Waals surface area (Å²) in [4.78, 5) is 0. The van der Waals surface area contributed by atoms with Crippen molar-refractivity contribution in [2.45, 2.75) is 31.9 Å². The molecule has 1 aromatic rings. The third-order valence-electron chi connectivity index (χ3n) is 3.59. The van der Waals surface area contributed by atoms with Crippen molar-refractivity contribution in [2.75, 3.05) is 13.1 Å². The fourth-order valence-electron chi connectivity index (χ4n) is 2.56. The van der Waals surface area contributed by atoms with E-state index in [9.17, 15) is 4.39 Å². The highest BCUT2D eigenvalue weighted by Gasteiger charge is 2.35. The molecule has 94 valence electrons. The van der Waals surface area contributed by atoms with E-state index >= 15 is 0 Å². The van der Waals surface area contributed by atoms with Gasteiger partial charge in [-0.05, 0) is 44.0 Å². The van der Waals surface area contributed by atoms with Crippen molar-refractivity contribution in [1.29, 1.82) is 0 Å². The van der Waals surface area contributed by atoms with Gasteiger partial charge in [0.2, 0.25) is 0 Å². The second kappa shape index (κ2) is 5.36. The lowest BCUT2D eigenvalue weighted by molar-refractivity contribution is 0.0834. The number of hydrogen-bond acceptors (Lipinski definition) is 1. The summed E-state index contributed by atoms with van der Waals surface area (Å²) in [5.41, 5.74) is -0.175. The summed E-state index contributed by atoms with van der Waals surface area (Å²) in [6.07, 6.45) is 2.49. The Morgan fingerprint density at radius 2 is 2.35 bits per heavy atom. The molecule has 2 unspecified atom stereocenters. The molecule has 2 rings (SSSR count). The molecule has 1 N–H and O–H groups in total. The van der Waals surface area contributed by atoms with E-state index in [2.05, 4.69) is 5.32 Å². The van der Waals surface area contributed by atoms with Crippen LogP contribution in [-0.4, -0.2) is 18.8 Å². The predicted molar refractivity (Wildman–Crippen MR) is 70.3 cm³/mol. The summed E-state index contributed by atoms with van der Waals surface area (Å²) in [5, 5.41) is 3.95. The molecule has 3 heteroatoms. The molecule has 1 fully saturated rings. The first-order valence-electron chi connectivity index (χ1n) is 6.22. The lowest BCUT2D eigenvalue weighted by Crippen LogP contribution is -2.42. The molecule has 0 aromatic heterocycles. The molecular weight excluding hydrogens is 237 g/mol. The highest BCUT2D eigenvalue weighted by atomic mass is 35.5. The van der Waals surface area contributed by atoms with Crippen LogP contribution < -0.4 is 5.32 Å². The monoisotopic (exact) mass is 255 g/mol. The van der Waals surface area contributed by atoms with Gasteiger partial charge in [-0.2, -0.15) is 0 Å². The quantitative estimate of drug-likeness (QED) is 0.870. The Kier molecular flexibility index (Phi) is 4.05. The van der Waals surface area contributed by atoms with Gasteiger partial charge in [0.1, 0.15) is 5.67 Å². The molecule has 1 aliphatic heterocycles. The summed E-state index contributed by atoms with van der Waals surface area (Å²) >= 11 is 5.92. The second-order valence-electron chi connectivity index (χ2n) is 5.13. The van der Waals surface area contributed by atoms with Crippen LogP contribution in [0.4, 0.5) is 4.39 Å². The summed E-state index contributed by atoms with van der Waals surface area (Å²) in [6, 6.07) is 7.51. The van der Waals surface area contributed by atoms with Crippen LogP contribution in [0, 0.1) is 5.92 Å². The van der Waals surface area contributed by atoms with Gasteiger partial charge in [-0.15, -0.1) is 0 Å². The minimum absolute atomic E-state index is 0.107. The predicted octanol–water partition coefficient (Wildman–Crippen LogP) is 3.61. The van der Waals surface area contributed by atoms with Crippen LogP contribution in [0.1, 0.15) is 25.3 Å². The number of hydrogen-bond donors (Lipinski definition) is 1. The molecule has 0 radical (unpaired) electrons. The van der Waals surface area contributed by atoms with Crippen LogP contribution in [0.5, 0.6) is 0 Å². The first-order valence-corrected chi connectivity index (χ1v) is 6.60. The second-order valence-corrected chi connectivity index (χ2v) is 5.56. The first kappa shape index (κ1) is 12.8. The van der Waals surface area contributed by atoms with E-state index in [1.807, 2.05) is 24.3 Å². The molecule has 0 saturated carbocycles. The normalized spacial score (nSPS) is 24.3. The summed E-state index contributed by atoms with van der Waals surface area (Å²) in [5.74, 6) is 0.107. The van der Waals surface area contributed by atoms with Crippen molar-refractivity contribution in [2.24, 2.45) is 5.92 Å². The van der Waals surface area contributed by atoms with Gasteiger partial charge in [0.25, 0.3) is 0 Å². The van der Waals surface area contributed by atoms with E-state index in [4.69, 9.17) is 11.6 Å². The van der Waals surface area contributed by atoms with Gasteiger partial charge in [-0.25, -0.2) is 4.39 Å². The molecule has 1 saturated heterocycles. The molecule has 17 heavy (non-hydrogen) atoms. The van der Waals surface area contributed by atoms with E-state index in [-0.39, 0.29) is 5.92 Å². The summed E-state index contributed by atoms with van der Waals surface area (Å²) < 4.78 is 14.7. The number of piperidine rings is 1. The number of halogens is 2. The topological polar surface area (TPSA) is 12.0 Å². The molecule has 0 amide bonds. The van der Waals surface area contributed by atoms with E-state index in [1.165, 1.54) is 0 Å². The zero-order valence-electron chi connectivity index (χ0n) is 10.2. The molecule has 0 aliphatic carbocycles. The van der Waals surface area contributed by atoms with Crippen LogP contribution in [-0.2, 0) is 6.42 Å². The van der Waals surface area contributed by atoms with Gasteiger partial charge < -0.3 is 5.32 Å². The molecule has 1 heterocycles. The maximum atomic E-state index is 14.7. The van der Waals surface area contributed by atoms with E-state index in [1.54, 1.807) is 6.92 Å². The van der Waals surface area contributed by atoms with Crippen LogP contribution in [0.3, 0.4) is 0 Å². The number of alkyl halides is 1. The number of rotatable bonds is 3. The van der Waals surface area contributed by atoms with Crippen LogP contribution >= 0.6 is 11.6 Å². The average molecular weight is 256 g/mol. The standard InChI is InChI=1S/C14H19ClFN/c1-14(16,12-5-3-7-17-10-12)9-11-4-2-6-13(15)8-11/h2,4,6,8,12,17H,3,5,7,9-10H2,1H3. The zero-order valence-corrected chi connectivity index (χ0v) is 10.9. The van der Waals surface area contributed by atoms with Crippen LogP contribution in [0.2, 0.25) is 5.02 Å². The number of benzene rings is 1. The van der Waals surface area contributed by atoms with Crippen molar-refractivity contribution in [3.05, 3.63) is 34.9 Å². The van der Waals surface area contributed by atoms with E-state index in [0.717, 1.165) is 31.5 Å². The minimum atomic E-state index is -1.15. The molecular formula is C14H19ClFN. The molecule has 1 nitrogen and oxygen atoms in total. The molecule has 2 atom stereocenters. The van der Waals surface area contributed by atoms with E-state index < -0.39 is 5.67 Å². The Labute approximate surface area is 107 Å². The van der Waals surface area contributed by atoms with Crippen molar-refractivity contribution >= 4 is 11.6 Å². The van der Waals surface area contributed by atoms with Gasteiger partial charge in [0.15, 0.2) is 0 Å². The Balaban J connectivity index is 2.05. The largest absolute Gasteiger partial charge is 0.316 e. The van der Waals surface area contributed by atoms with Crippen LogP contribution in [0.15, 0.2) is 24.3 Å². The summed E-state index contributed by atoms with van der Waals surface area (Å²) in [6.45, 7) is 3.52. The van der Waals surface area contributed by atoms with E-state index in [0.29, 0.717) is 11.4 Å². The Hall–Kier alpha value is -0.600. The highest BCUT2D eigenvalue weighted by molar-refractivity contribution is 6.30. The summed E-state index contributed by atoms with van der Waals surface area (Å²) in [7, 11) is 0. The lowest BCUT2D eigenvalue weighted by Gasteiger charge is -2.34. The van der Waals surface area contributed by atoms with Gasteiger partial charge >= 0.3 is 0 Å². The van der Waals surface area contributed by atoms with Gasteiger partial charge in [0, 0.05) is 23.9 Å². The van der Waals surface area contributed by atoms with Crippen molar-refractivity contribution in [3.8, 4) is 0 Å². The Morgan fingerprint density at radius 3 is 3.00 bits per heavy atom. The lowest BCUT2D eigenvalue weighted by atomic mass is 9.81. The molecule has 1 aromatic carbocycles. The molecule has 0 bridgehead atoms. The fraction of sp³-hybridized carbons (Fsp3) is 0.571. The third-order valence-corrected chi connectivity index (χ3v) is 3.82. The van der Waals surface area contributed by atoms with Gasteiger partial charge in [-0.3, -0.25) is 0 Å². The van der Waals surface area contributed by atoms with Crippen molar-refractivity contribution < 1.29 is 4.39 Å². The first-order chi connectivity index (χ1) is 8.08. The third kappa shape index (κ3) is 3.43. The zero-order chi connectivity index (χ0) is 12.3. The number of nitrogens with one attached hydrogen (secondary N) is 1. The highest BCUT2D eigenvalue weighted by Crippen LogP contribution is 2.31. The van der Waals surface area contributed by atoms with Crippen molar-refractivity contribution in [1.82, 2.24) is 5.32 Å². The Bertz CT molecular complexity index is 372. The minimum Gasteiger partial charge on any atom is -0.316 e. The Morgan fingerprint density at radius 1 is 1.53 bits per heavy atom. The van der Waals surface area contributed by atoms with Gasteiger partial charge in [-0.1, -0.05) is 23.7 Å². The molecule has 1 aliphatic rings. The van der Waals surface area contributed by atoms with Crippen molar-refractivity contribution in [3.63, 3.8) is 0 Å². The molecule has 0 spiro atoms. The maximum absolute atomic E-state index is 14.7. The SMILES string of the molecule is CC(F)(Cc1cccc(Cl)c1)C1CCCNC1. The fourth-order valence-corrected chi connectivity index (χ4v) is 2.77. The average Bonchev–Trinajstić information content (AvgIpc) is 2.29.